The molecule has 0 heteroatoms. The van der Waals surface area contributed by atoms with Gasteiger partial charge >= 0.3 is 0 Å². The van der Waals surface area contributed by atoms with Gasteiger partial charge in [-0.2, -0.15) is 0 Å². The van der Waals surface area contributed by atoms with E-state index in [1.54, 1.807) is 0 Å². The van der Waals surface area contributed by atoms with E-state index in [0.717, 1.165) is 6.42 Å². The molecule has 0 heterocycles. The molecule has 0 N–H and O–H groups in total. The van der Waals surface area contributed by atoms with Crippen molar-refractivity contribution in [3.8, 4) is 22.3 Å². The lowest BCUT2D eigenvalue weighted by Crippen LogP contribution is -2.10. The van der Waals surface area contributed by atoms with Crippen molar-refractivity contribution in [3.05, 3.63) is 120 Å². The molecule has 5 rings (SSSR count). The summed E-state index contributed by atoms with van der Waals surface area (Å²) in [6.07, 6.45) is 1.10. The Kier molecular flexibility index (Phi) is 5.36. The normalized spacial score (nSPS) is 11.8. The summed E-state index contributed by atoms with van der Waals surface area (Å²) >= 11 is 0. The van der Waals surface area contributed by atoms with Crippen molar-refractivity contribution in [1.29, 1.82) is 0 Å². The SMILES string of the molecule is CC(C)(C)c1ccc(-c2ccccc2)cc1.c1ccc2c(c1)Cc1ccccc1-2. The topological polar surface area (TPSA) is 0 Å². The van der Waals surface area contributed by atoms with Crippen molar-refractivity contribution in [2.24, 2.45) is 0 Å². The Bertz CT molecular complexity index is 1040. The Morgan fingerprint density at radius 2 is 0.931 bits per heavy atom. The highest BCUT2D eigenvalue weighted by molar-refractivity contribution is 5.76. The van der Waals surface area contributed by atoms with Crippen LogP contribution in [0.15, 0.2) is 103 Å². The fraction of sp³-hybridized carbons (Fsp3) is 0.172. The van der Waals surface area contributed by atoms with E-state index in [-0.39, 0.29) is 5.41 Å². The highest BCUT2D eigenvalue weighted by Gasteiger charge is 2.16. The average Bonchev–Trinajstić information content (AvgIpc) is 3.13. The molecule has 0 saturated heterocycles. The zero-order chi connectivity index (χ0) is 20.3. The predicted octanol–water partition coefficient (Wildman–Crippen LogP) is 7.91. The fourth-order valence-corrected chi connectivity index (χ4v) is 3.87. The van der Waals surface area contributed by atoms with Crippen molar-refractivity contribution in [3.63, 3.8) is 0 Å². The lowest BCUT2D eigenvalue weighted by Gasteiger charge is -2.19. The van der Waals surface area contributed by atoms with E-state index >= 15 is 0 Å². The third kappa shape index (κ3) is 4.32. The first-order valence-corrected chi connectivity index (χ1v) is 10.3. The molecule has 0 amide bonds. The van der Waals surface area contributed by atoms with Crippen LogP contribution < -0.4 is 0 Å². The molecular weight excluding hydrogens is 348 g/mol. The molecule has 0 atom stereocenters. The van der Waals surface area contributed by atoms with Gasteiger partial charge in [-0.25, -0.2) is 0 Å². The quantitative estimate of drug-likeness (QED) is 0.279. The van der Waals surface area contributed by atoms with E-state index in [9.17, 15) is 0 Å². The van der Waals surface area contributed by atoms with Crippen molar-refractivity contribution >= 4 is 0 Å². The van der Waals surface area contributed by atoms with Gasteiger partial charge in [-0.05, 0) is 50.8 Å². The lowest BCUT2D eigenvalue weighted by molar-refractivity contribution is 0.590. The van der Waals surface area contributed by atoms with Crippen LogP contribution in [0.3, 0.4) is 0 Å². The molecule has 0 radical (unpaired) electrons. The molecule has 4 aromatic rings. The molecule has 0 aromatic heterocycles. The van der Waals surface area contributed by atoms with Gasteiger partial charge in [0.15, 0.2) is 0 Å². The third-order valence-corrected chi connectivity index (χ3v) is 5.56. The van der Waals surface area contributed by atoms with E-state index in [2.05, 4.69) is 118 Å². The molecular formula is C29H28. The zero-order valence-corrected chi connectivity index (χ0v) is 17.5. The monoisotopic (exact) mass is 376 g/mol. The van der Waals surface area contributed by atoms with Crippen LogP contribution in [0.25, 0.3) is 22.3 Å². The predicted molar refractivity (Wildman–Crippen MR) is 125 cm³/mol. The molecule has 29 heavy (non-hydrogen) atoms. The Labute approximate surface area is 174 Å². The maximum atomic E-state index is 2.24. The van der Waals surface area contributed by atoms with Crippen LogP contribution >= 0.6 is 0 Å². The maximum absolute atomic E-state index is 2.24. The van der Waals surface area contributed by atoms with Crippen molar-refractivity contribution in [1.82, 2.24) is 0 Å². The second-order valence-electron chi connectivity index (χ2n) is 8.68. The largest absolute Gasteiger partial charge is 0.0622 e. The number of hydrogen-bond donors (Lipinski definition) is 0. The van der Waals surface area contributed by atoms with E-state index < -0.39 is 0 Å². The van der Waals surface area contributed by atoms with Gasteiger partial charge < -0.3 is 0 Å². The first kappa shape index (κ1) is 19.2. The molecule has 1 aliphatic rings. The van der Waals surface area contributed by atoms with Gasteiger partial charge in [0.25, 0.3) is 0 Å². The Balaban J connectivity index is 0.000000144. The minimum absolute atomic E-state index is 0.231. The maximum Gasteiger partial charge on any atom is -0.00135 e. The molecule has 4 aromatic carbocycles. The molecule has 0 aliphatic heterocycles. The molecule has 0 saturated carbocycles. The van der Waals surface area contributed by atoms with Gasteiger partial charge in [-0.3, -0.25) is 0 Å². The second kappa shape index (κ2) is 8.09. The number of hydrogen-bond acceptors (Lipinski definition) is 0. The summed E-state index contributed by atoms with van der Waals surface area (Å²) in [4.78, 5) is 0. The van der Waals surface area contributed by atoms with E-state index in [4.69, 9.17) is 0 Å². The Hall–Kier alpha value is -3.12. The van der Waals surface area contributed by atoms with Gasteiger partial charge in [-0.1, -0.05) is 124 Å². The molecule has 1 aliphatic carbocycles. The van der Waals surface area contributed by atoms with E-state index in [1.807, 2.05) is 6.07 Å². The molecule has 144 valence electrons. The average molecular weight is 377 g/mol. The highest BCUT2D eigenvalue weighted by atomic mass is 14.2. The van der Waals surface area contributed by atoms with Crippen molar-refractivity contribution in [2.45, 2.75) is 32.6 Å². The standard InChI is InChI=1S/C16H18.C13H10/c1-16(2,3)15-11-9-14(10-12-15)13-7-5-4-6-8-13;1-3-7-12-10(5-1)9-11-6-2-4-8-13(11)12/h4-12H,1-3H3;1-8H,9H2. The van der Waals surface area contributed by atoms with Gasteiger partial charge in [0, 0.05) is 0 Å². The zero-order valence-electron chi connectivity index (χ0n) is 17.5. The first-order chi connectivity index (χ1) is 14.0. The summed E-state index contributed by atoms with van der Waals surface area (Å²) < 4.78 is 0. The summed E-state index contributed by atoms with van der Waals surface area (Å²) in [6.45, 7) is 6.72. The van der Waals surface area contributed by atoms with Gasteiger partial charge in [-0.15, -0.1) is 0 Å². The van der Waals surface area contributed by atoms with Gasteiger partial charge in [0.1, 0.15) is 0 Å². The van der Waals surface area contributed by atoms with E-state index in [0.29, 0.717) is 0 Å². The lowest BCUT2D eigenvalue weighted by atomic mass is 9.86. The summed E-state index contributed by atoms with van der Waals surface area (Å²) in [6, 6.07) is 36.7. The van der Waals surface area contributed by atoms with Crippen molar-refractivity contribution in [2.75, 3.05) is 0 Å². The van der Waals surface area contributed by atoms with Gasteiger partial charge in [0.2, 0.25) is 0 Å². The van der Waals surface area contributed by atoms with Crippen LogP contribution in [0.5, 0.6) is 0 Å². The van der Waals surface area contributed by atoms with Crippen molar-refractivity contribution < 1.29 is 0 Å². The molecule has 0 bridgehead atoms. The number of benzene rings is 4. The summed E-state index contributed by atoms with van der Waals surface area (Å²) in [5.74, 6) is 0. The molecule has 0 fully saturated rings. The van der Waals surface area contributed by atoms with E-state index in [1.165, 1.54) is 38.9 Å². The minimum Gasteiger partial charge on any atom is -0.0622 e. The first-order valence-electron chi connectivity index (χ1n) is 10.3. The van der Waals surface area contributed by atoms with Crippen LogP contribution in [0.1, 0.15) is 37.5 Å². The van der Waals surface area contributed by atoms with Gasteiger partial charge in [0.05, 0.1) is 0 Å². The summed E-state index contributed by atoms with van der Waals surface area (Å²) in [5.41, 5.74) is 9.93. The molecule has 0 unspecified atom stereocenters. The summed E-state index contributed by atoms with van der Waals surface area (Å²) in [7, 11) is 0. The third-order valence-electron chi connectivity index (χ3n) is 5.56. The second-order valence-corrected chi connectivity index (χ2v) is 8.68. The van der Waals surface area contributed by atoms with Crippen LogP contribution in [0.2, 0.25) is 0 Å². The fourth-order valence-electron chi connectivity index (χ4n) is 3.87. The van der Waals surface area contributed by atoms with Crippen LogP contribution in [0, 0.1) is 0 Å². The number of rotatable bonds is 1. The minimum atomic E-state index is 0.231. The molecule has 0 spiro atoms. The van der Waals surface area contributed by atoms with Crippen LogP contribution in [-0.2, 0) is 11.8 Å². The van der Waals surface area contributed by atoms with Crippen LogP contribution in [-0.4, -0.2) is 0 Å². The Morgan fingerprint density at radius 3 is 1.45 bits per heavy atom. The summed E-state index contributed by atoms with van der Waals surface area (Å²) in [5, 5.41) is 0. The Morgan fingerprint density at radius 1 is 0.483 bits per heavy atom. The van der Waals surface area contributed by atoms with Crippen LogP contribution in [0.4, 0.5) is 0 Å². The number of fused-ring (bicyclic) bond motifs is 3. The molecule has 0 nitrogen and oxygen atoms in total. The highest BCUT2D eigenvalue weighted by Crippen LogP contribution is 2.35. The smallest absolute Gasteiger partial charge is 0.00135 e.